The molecule has 188 valence electrons. The van der Waals surface area contributed by atoms with E-state index in [-0.39, 0.29) is 12.3 Å². The summed E-state index contributed by atoms with van der Waals surface area (Å²) in [6.45, 7) is 1.68. The van der Waals surface area contributed by atoms with Crippen LogP contribution in [0, 0.1) is 0 Å². The van der Waals surface area contributed by atoms with Gasteiger partial charge in [-0.2, -0.15) is 0 Å². The molecule has 7 heteroatoms. The highest BCUT2D eigenvalue weighted by molar-refractivity contribution is 5.76. The van der Waals surface area contributed by atoms with Gasteiger partial charge < -0.3 is 30.5 Å². The van der Waals surface area contributed by atoms with Crippen molar-refractivity contribution in [1.82, 2.24) is 5.32 Å². The number of carbonyl (C=O) groups excluding carboxylic acids is 1. The Bertz CT molecular complexity index is 630. The van der Waals surface area contributed by atoms with E-state index in [1.807, 2.05) is 6.08 Å². The fourth-order valence-electron chi connectivity index (χ4n) is 3.45. The van der Waals surface area contributed by atoms with Crippen LogP contribution in [0.2, 0.25) is 0 Å². The van der Waals surface area contributed by atoms with Crippen LogP contribution in [0.25, 0.3) is 0 Å². The molecule has 1 aliphatic rings. The second-order valence-corrected chi connectivity index (χ2v) is 8.30. The minimum absolute atomic E-state index is 0.230. The van der Waals surface area contributed by atoms with Gasteiger partial charge in [0.25, 0.3) is 0 Å². The molecule has 1 aliphatic heterocycles. The molecular weight excluding hydrogens is 422 g/mol. The Morgan fingerprint density at radius 1 is 0.818 bits per heavy atom. The SMILES string of the molecule is CCCCC/C=C\C/C=C\C/C=C\C/C=C\CCCC(=O)N[C@H]1C(O)O[C@H](CO)[C@@H](O)[C@@H]1O. The van der Waals surface area contributed by atoms with Crippen molar-refractivity contribution in [1.29, 1.82) is 0 Å². The van der Waals surface area contributed by atoms with Crippen molar-refractivity contribution in [2.45, 2.75) is 102 Å². The van der Waals surface area contributed by atoms with E-state index in [1.165, 1.54) is 25.7 Å². The van der Waals surface area contributed by atoms with Gasteiger partial charge in [0.15, 0.2) is 6.29 Å². The number of nitrogens with one attached hydrogen (secondary N) is 1. The second kappa shape index (κ2) is 18.6. The molecule has 1 amide bonds. The molecule has 5 N–H and O–H groups in total. The van der Waals surface area contributed by atoms with Crippen molar-refractivity contribution in [2.75, 3.05) is 6.61 Å². The summed E-state index contributed by atoms with van der Waals surface area (Å²) in [4.78, 5) is 12.1. The average molecular weight is 466 g/mol. The van der Waals surface area contributed by atoms with Gasteiger partial charge in [-0.25, -0.2) is 0 Å². The maximum Gasteiger partial charge on any atom is 0.220 e. The lowest BCUT2D eigenvalue weighted by molar-refractivity contribution is -0.253. The molecule has 1 unspecified atom stereocenters. The van der Waals surface area contributed by atoms with Gasteiger partial charge in [0, 0.05) is 6.42 Å². The summed E-state index contributed by atoms with van der Waals surface area (Å²) in [6, 6.07) is -1.13. The van der Waals surface area contributed by atoms with Crippen LogP contribution >= 0.6 is 0 Å². The van der Waals surface area contributed by atoms with E-state index in [2.05, 4.69) is 54.8 Å². The molecule has 0 radical (unpaired) electrons. The maximum atomic E-state index is 12.1. The number of hydrogen-bond donors (Lipinski definition) is 5. The molecule has 1 rings (SSSR count). The number of amides is 1. The highest BCUT2D eigenvalue weighted by atomic mass is 16.6. The lowest BCUT2D eigenvalue weighted by Gasteiger charge is -2.40. The maximum absolute atomic E-state index is 12.1. The molecule has 7 nitrogen and oxygen atoms in total. The van der Waals surface area contributed by atoms with Gasteiger partial charge in [0.05, 0.1) is 6.61 Å². The summed E-state index contributed by atoms with van der Waals surface area (Å²) in [5.74, 6) is -0.341. The smallest absolute Gasteiger partial charge is 0.220 e. The van der Waals surface area contributed by atoms with Crippen LogP contribution in [0.3, 0.4) is 0 Å². The summed E-state index contributed by atoms with van der Waals surface area (Å²) in [6.07, 6.45) is 21.2. The topological polar surface area (TPSA) is 119 Å². The Balaban J connectivity index is 2.09. The molecule has 0 aromatic heterocycles. The standard InChI is InChI=1S/C26H43NO6/c1-2-3-4-5-6-7-8-9-10-11-12-13-14-15-16-17-18-19-22(29)27-23-25(31)24(30)21(20-28)33-26(23)32/h6-7,9-10,12-13,15-16,21,23-26,28,30-32H,2-5,8,11,14,17-20H2,1H3,(H,27,29)/b7-6-,10-9-,13-12-,16-15-/t21-,23-,24-,25-,26?/m1/s1. The van der Waals surface area contributed by atoms with Crippen LogP contribution in [0.1, 0.15) is 71.1 Å². The third kappa shape index (κ3) is 12.9. The fraction of sp³-hybridized carbons (Fsp3) is 0.654. The van der Waals surface area contributed by atoms with Crippen LogP contribution in [0.5, 0.6) is 0 Å². The van der Waals surface area contributed by atoms with Crippen molar-refractivity contribution in [3.05, 3.63) is 48.6 Å². The van der Waals surface area contributed by atoms with Crippen LogP contribution in [-0.2, 0) is 9.53 Å². The van der Waals surface area contributed by atoms with Crippen molar-refractivity contribution < 1.29 is 30.0 Å². The first-order valence-corrected chi connectivity index (χ1v) is 12.2. The van der Waals surface area contributed by atoms with E-state index in [0.717, 1.165) is 25.7 Å². The predicted octanol–water partition coefficient (Wildman–Crippen LogP) is 3.05. The summed E-state index contributed by atoms with van der Waals surface area (Å²) < 4.78 is 5.03. The summed E-state index contributed by atoms with van der Waals surface area (Å²) in [5, 5.41) is 41.3. The Morgan fingerprint density at radius 2 is 1.36 bits per heavy atom. The molecule has 0 aromatic carbocycles. The number of ether oxygens (including phenoxy) is 1. The van der Waals surface area contributed by atoms with E-state index in [9.17, 15) is 20.1 Å². The van der Waals surface area contributed by atoms with Gasteiger partial charge in [-0.05, 0) is 44.9 Å². The molecule has 1 saturated heterocycles. The van der Waals surface area contributed by atoms with Gasteiger partial charge in [-0.1, -0.05) is 68.4 Å². The molecule has 0 aliphatic carbocycles. The third-order valence-electron chi connectivity index (χ3n) is 5.46. The highest BCUT2D eigenvalue weighted by Crippen LogP contribution is 2.20. The molecule has 1 fully saturated rings. The van der Waals surface area contributed by atoms with Crippen LogP contribution < -0.4 is 5.32 Å². The van der Waals surface area contributed by atoms with Crippen molar-refractivity contribution >= 4 is 5.91 Å². The zero-order chi connectivity index (χ0) is 24.3. The van der Waals surface area contributed by atoms with E-state index in [4.69, 9.17) is 9.84 Å². The van der Waals surface area contributed by atoms with Crippen molar-refractivity contribution in [2.24, 2.45) is 0 Å². The molecule has 0 spiro atoms. The predicted molar refractivity (Wildman–Crippen MR) is 130 cm³/mol. The van der Waals surface area contributed by atoms with Crippen LogP contribution in [0.15, 0.2) is 48.6 Å². The quantitative estimate of drug-likeness (QED) is 0.177. The molecule has 1 heterocycles. The Hall–Kier alpha value is -1.77. The molecular formula is C26H43NO6. The number of aliphatic hydroxyl groups is 4. The van der Waals surface area contributed by atoms with E-state index in [1.54, 1.807) is 0 Å². The van der Waals surface area contributed by atoms with Gasteiger partial charge in [0.2, 0.25) is 5.91 Å². The number of aliphatic hydroxyl groups excluding tert-OH is 4. The second-order valence-electron chi connectivity index (χ2n) is 8.30. The first-order chi connectivity index (χ1) is 16.0. The van der Waals surface area contributed by atoms with Crippen LogP contribution in [0.4, 0.5) is 0 Å². The van der Waals surface area contributed by atoms with Gasteiger partial charge >= 0.3 is 0 Å². The molecule has 0 saturated carbocycles. The number of hydrogen-bond acceptors (Lipinski definition) is 6. The largest absolute Gasteiger partial charge is 0.394 e. The van der Waals surface area contributed by atoms with Crippen molar-refractivity contribution in [3.63, 3.8) is 0 Å². The zero-order valence-corrected chi connectivity index (χ0v) is 19.9. The van der Waals surface area contributed by atoms with E-state index >= 15 is 0 Å². The number of unbranched alkanes of at least 4 members (excludes halogenated alkanes) is 4. The van der Waals surface area contributed by atoms with Crippen molar-refractivity contribution in [3.8, 4) is 0 Å². The lowest BCUT2D eigenvalue weighted by atomic mass is 9.97. The zero-order valence-electron chi connectivity index (χ0n) is 19.9. The first kappa shape index (κ1) is 29.3. The summed E-state index contributed by atoms with van der Waals surface area (Å²) in [7, 11) is 0. The molecule has 5 atom stereocenters. The molecule has 0 bridgehead atoms. The number of allylic oxidation sites excluding steroid dienone is 8. The van der Waals surface area contributed by atoms with Gasteiger partial charge in [-0.3, -0.25) is 4.79 Å². The highest BCUT2D eigenvalue weighted by Gasteiger charge is 2.44. The Labute approximate surface area is 198 Å². The minimum Gasteiger partial charge on any atom is -0.394 e. The van der Waals surface area contributed by atoms with Gasteiger partial charge in [-0.15, -0.1) is 0 Å². The Kier molecular flexibility index (Phi) is 16.5. The fourth-order valence-corrected chi connectivity index (χ4v) is 3.45. The van der Waals surface area contributed by atoms with Gasteiger partial charge in [0.1, 0.15) is 24.4 Å². The normalized spacial score (nSPS) is 26.3. The first-order valence-electron chi connectivity index (χ1n) is 12.2. The molecule has 33 heavy (non-hydrogen) atoms. The number of rotatable bonds is 16. The Morgan fingerprint density at radius 3 is 1.91 bits per heavy atom. The third-order valence-corrected chi connectivity index (χ3v) is 5.46. The molecule has 0 aromatic rings. The van der Waals surface area contributed by atoms with E-state index < -0.39 is 37.3 Å². The number of carbonyl (C=O) groups is 1. The van der Waals surface area contributed by atoms with Crippen LogP contribution in [-0.4, -0.2) is 63.6 Å². The van der Waals surface area contributed by atoms with E-state index in [0.29, 0.717) is 6.42 Å². The minimum atomic E-state index is -1.49. The monoisotopic (exact) mass is 465 g/mol. The average Bonchev–Trinajstić information content (AvgIpc) is 2.81. The summed E-state index contributed by atoms with van der Waals surface area (Å²) in [5.41, 5.74) is 0. The lowest BCUT2D eigenvalue weighted by Crippen LogP contribution is -2.64. The summed E-state index contributed by atoms with van der Waals surface area (Å²) >= 11 is 0.